The van der Waals surface area contributed by atoms with Gasteiger partial charge in [-0.05, 0) is 36.3 Å². The van der Waals surface area contributed by atoms with Gasteiger partial charge in [-0.3, -0.25) is 4.79 Å². The first-order valence-corrected chi connectivity index (χ1v) is 10.2. The second kappa shape index (κ2) is 7.21. The first kappa shape index (κ1) is 21.1. The Morgan fingerprint density at radius 2 is 2.13 bits per heavy atom. The van der Waals surface area contributed by atoms with E-state index in [9.17, 15) is 24.9 Å². The van der Waals surface area contributed by atoms with E-state index in [1.54, 1.807) is 6.07 Å². The summed E-state index contributed by atoms with van der Waals surface area (Å²) in [5.41, 5.74) is -0.804. The zero-order chi connectivity index (χ0) is 21.8. The van der Waals surface area contributed by atoms with Crippen LogP contribution >= 0.6 is 0 Å². The molecule has 1 spiro atoms. The standard InChI is InChI=1S/C22H28O8/c1-11-17(30-12(2)23)8-22-10-29-20(27)14(22)6-15(24)18(26)19(22)21(11,3)7-16(25)13-4-5-28-9-13/h4-6,9,11,15-19,24-26H,7-8,10H2,1-3H3/t11-,15+,16+,17+,18-,19+,21-,22+/m0/s1. The topological polar surface area (TPSA) is 126 Å². The van der Waals surface area contributed by atoms with Crippen molar-refractivity contribution in [2.75, 3.05) is 6.61 Å². The van der Waals surface area contributed by atoms with Crippen molar-refractivity contribution < 1.29 is 38.8 Å². The van der Waals surface area contributed by atoms with Gasteiger partial charge < -0.3 is 29.2 Å². The molecule has 30 heavy (non-hydrogen) atoms. The minimum absolute atomic E-state index is 0.0357. The molecule has 0 radical (unpaired) electrons. The van der Waals surface area contributed by atoms with E-state index >= 15 is 0 Å². The van der Waals surface area contributed by atoms with Crippen LogP contribution in [0.2, 0.25) is 0 Å². The molecule has 0 bridgehead atoms. The number of carbonyl (C=O) groups is 2. The molecule has 1 aromatic rings. The maximum atomic E-state index is 12.5. The number of rotatable bonds is 4. The third kappa shape index (κ3) is 3.01. The Labute approximate surface area is 174 Å². The normalized spacial score (nSPS) is 41.3. The van der Waals surface area contributed by atoms with Crippen LogP contribution in [0, 0.1) is 22.7 Å². The molecule has 8 heteroatoms. The van der Waals surface area contributed by atoms with Crippen LogP contribution in [-0.2, 0) is 19.1 Å². The van der Waals surface area contributed by atoms with Crippen LogP contribution in [0.15, 0.2) is 34.7 Å². The first-order chi connectivity index (χ1) is 14.1. The van der Waals surface area contributed by atoms with Gasteiger partial charge in [0, 0.05) is 29.4 Å². The van der Waals surface area contributed by atoms with E-state index in [1.165, 1.54) is 25.5 Å². The Balaban J connectivity index is 1.82. The maximum Gasteiger partial charge on any atom is 0.334 e. The Hall–Kier alpha value is -2.16. The summed E-state index contributed by atoms with van der Waals surface area (Å²) in [6.45, 7) is 5.19. The molecule has 2 fully saturated rings. The average molecular weight is 420 g/mol. The lowest BCUT2D eigenvalue weighted by Gasteiger charge is -2.60. The maximum absolute atomic E-state index is 12.5. The second-order valence-electron chi connectivity index (χ2n) is 9.19. The molecule has 0 unspecified atom stereocenters. The quantitative estimate of drug-likeness (QED) is 0.626. The van der Waals surface area contributed by atoms with Gasteiger partial charge in [-0.1, -0.05) is 13.8 Å². The fraction of sp³-hybridized carbons (Fsp3) is 0.636. The van der Waals surface area contributed by atoms with Crippen molar-refractivity contribution in [2.45, 2.75) is 58.0 Å². The van der Waals surface area contributed by atoms with E-state index in [2.05, 4.69) is 0 Å². The molecular formula is C22H28O8. The van der Waals surface area contributed by atoms with Crippen molar-refractivity contribution in [1.82, 2.24) is 0 Å². The van der Waals surface area contributed by atoms with E-state index in [4.69, 9.17) is 13.9 Å². The summed E-state index contributed by atoms with van der Waals surface area (Å²) in [6, 6.07) is 1.67. The summed E-state index contributed by atoms with van der Waals surface area (Å²) in [7, 11) is 0. The summed E-state index contributed by atoms with van der Waals surface area (Å²) in [6.07, 6.45) is 0.974. The molecule has 1 saturated heterocycles. The predicted octanol–water partition coefficient (Wildman–Crippen LogP) is 1.50. The van der Waals surface area contributed by atoms with Crippen LogP contribution in [0.1, 0.15) is 45.3 Å². The molecule has 1 saturated carbocycles. The smallest absolute Gasteiger partial charge is 0.334 e. The molecule has 1 aliphatic heterocycles. The van der Waals surface area contributed by atoms with Gasteiger partial charge >= 0.3 is 11.9 Å². The summed E-state index contributed by atoms with van der Waals surface area (Å²) in [4.78, 5) is 24.3. The molecule has 164 valence electrons. The minimum Gasteiger partial charge on any atom is -0.472 e. The van der Waals surface area contributed by atoms with Crippen LogP contribution in [0.5, 0.6) is 0 Å². The third-order valence-electron chi connectivity index (χ3n) is 7.59. The third-order valence-corrected chi connectivity index (χ3v) is 7.59. The Morgan fingerprint density at radius 3 is 2.77 bits per heavy atom. The van der Waals surface area contributed by atoms with Crippen LogP contribution < -0.4 is 0 Å². The molecule has 2 aliphatic carbocycles. The van der Waals surface area contributed by atoms with Crippen LogP contribution in [-0.4, -0.2) is 52.2 Å². The highest BCUT2D eigenvalue weighted by molar-refractivity contribution is 5.93. The van der Waals surface area contributed by atoms with Gasteiger partial charge in [-0.15, -0.1) is 0 Å². The lowest BCUT2D eigenvalue weighted by atomic mass is 9.45. The van der Waals surface area contributed by atoms with Crippen molar-refractivity contribution in [3.05, 3.63) is 35.8 Å². The zero-order valence-electron chi connectivity index (χ0n) is 17.3. The SMILES string of the molecule is CC(=O)O[C@@H]1C[C@@]23COC(=O)C2=C[C@@H](O)[C@H](O)[C@@H]3[C@@](C)(C[C@@H](O)c2ccoc2)[C@H]1C. The number of furan rings is 1. The molecule has 0 aromatic carbocycles. The molecule has 3 aliphatic rings. The fourth-order valence-corrected chi connectivity index (χ4v) is 6.07. The molecule has 1 aromatic heterocycles. The van der Waals surface area contributed by atoms with Crippen LogP contribution in [0.3, 0.4) is 0 Å². The first-order valence-electron chi connectivity index (χ1n) is 10.2. The summed E-state index contributed by atoms with van der Waals surface area (Å²) >= 11 is 0. The number of cyclic esters (lactones) is 1. The number of carbonyl (C=O) groups excluding carboxylic acids is 2. The second-order valence-corrected chi connectivity index (χ2v) is 9.19. The molecule has 4 rings (SSSR count). The van der Waals surface area contributed by atoms with E-state index in [0.717, 1.165) is 0 Å². The van der Waals surface area contributed by atoms with E-state index < -0.39 is 53.1 Å². The number of ether oxygens (including phenoxy) is 2. The summed E-state index contributed by atoms with van der Waals surface area (Å²) in [5.74, 6) is -1.82. The zero-order valence-corrected chi connectivity index (χ0v) is 17.3. The minimum atomic E-state index is -1.23. The van der Waals surface area contributed by atoms with Crippen molar-refractivity contribution in [2.24, 2.45) is 22.7 Å². The number of hydrogen-bond acceptors (Lipinski definition) is 8. The van der Waals surface area contributed by atoms with Crippen molar-refractivity contribution in [3.8, 4) is 0 Å². The van der Waals surface area contributed by atoms with Crippen molar-refractivity contribution in [3.63, 3.8) is 0 Å². The Morgan fingerprint density at radius 1 is 1.40 bits per heavy atom. The molecule has 2 heterocycles. The fourth-order valence-electron chi connectivity index (χ4n) is 6.07. The van der Waals surface area contributed by atoms with E-state index in [1.807, 2.05) is 13.8 Å². The van der Waals surface area contributed by atoms with Gasteiger partial charge in [-0.25, -0.2) is 4.79 Å². The lowest BCUT2D eigenvalue weighted by molar-refractivity contribution is -0.200. The number of aliphatic hydroxyl groups excluding tert-OH is 3. The molecular weight excluding hydrogens is 392 g/mol. The van der Waals surface area contributed by atoms with Crippen LogP contribution in [0.25, 0.3) is 0 Å². The predicted molar refractivity (Wildman–Crippen MR) is 103 cm³/mol. The van der Waals surface area contributed by atoms with Gasteiger partial charge in [0.2, 0.25) is 0 Å². The molecule has 3 N–H and O–H groups in total. The van der Waals surface area contributed by atoms with Gasteiger partial charge in [0.05, 0.1) is 30.8 Å². The van der Waals surface area contributed by atoms with Crippen molar-refractivity contribution >= 4 is 11.9 Å². The van der Waals surface area contributed by atoms with Gasteiger partial charge in [0.15, 0.2) is 0 Å². The largest absolute Gasteiger partial charge is 0.472 e. The summed E-state index contributed by atoms with van der Waals surface area (Å²) in [5, 5.41) is 32.5. The Kier molecular flexibility index (Phi) is 5.07. The summed E-state index contributed by atoms with van der Waals surface area (Å²) < 4.78 is 16.1. The average Bonchev–Trinajstić information content (AvgIpc) is 3.30. The highest BCUT2D eigenvalue weighted by Gasteiger charge is 2.68. The molecule has 8 nitrogen and oxygen atoms in total. The van der Waals surface area contributed by atoms with Gasteiger partial charge in [0.25, 0.3) is 0 Å². The highest BCUT2D eigenvalue weighted by atomic mass is 16.5. The van der Waals surface area contributed by atoms with Gasteiger partial charge in [-0.2, -0.15) is 0 Å². The lowest BCUT2D eigenvalue weighted by Crippen LogP contribution is -2.63. The molecule has 0 amide bonds. The van der Waals surface area contributed by atoms with E-state index in [0.29, 0.717) is 17.6 Å². The van der Waals surface area contributed by atoms with E-state index in [-0.39, 0.29) is 18.9 Å². The van der Waals surface area contributed by atoms with Crippen molar-refractivity contribution in [1.29, 1.82) is 0 Å². The monoisotopic (exact) mass is 420 g/mol. The van der Waals surface area contributed by atoms with Crippen LogP contribution in [0.4, 0.5) is 0 Å². The Bertz CT molecular complexity index is 860. The number of hydrogen-bond donors (Lipinski definition) is 3. The van der Waals surface area contributed by atoms with Gasteiger partial charge in [0.1, 0.15) is 12.7 Å². The molecule has 8 atom stereocenters. The highest BCUT2D eigenvalue weighted by Crippen LogP contribution is 2.65. The number of esters is 2. The number of aliphatic hydroxyl groups is 3.